The Balaban J connectivity index is 1.99. The van der Waals surface area contributed by atoms with Crippen LogP contribution in [0.15, 0.2) is 57.2 Å². The zero-order valence-electron chi connectivity index (χ0n) is 12.4. The van der Waals surface area contributed by atoms with Gasteiger partial charge in [-0.15, -0.1) is 11.3 Å². The molecular formula is C15H10ClN3O4S2. The van der Waals surface area contributed by atoms with Crippen LogP contribution in [-0.2, 0) is 9.84 Å². The summed E-state index contributed by atoms with van der Waals surface area (Å²) in [5.41, 5.74) is -0.0398. The van der Waals surface area contributed by atoms with Gasteiger partial charge in [0.2, 0.25) is 15.7 Å². The summed E-state index contributed by atoms with van der Waals surface area (Å²) in [6.45, 7) is 0. The number of sulfone groups is 1. The summed E-state index contributed by atoms with van der Waals surface area (Å²) in [5.74, 6) is -1.20. The van der Waals surface area contributed by atoms with Crippen molar-refractivity contribution >= 4 is 44.3 Å². The summed E-state index contributed by atoms with van der Waals surface area (Å²) in [5, 5.41) is 17.8. The summed E-state index contributed by atoms with van der Waals surface area (Å²) in [7, 11) is -3.89. The van der Waals surface area contributed by atoms with E-state index in [1.807, 2.05) is 0 Å². The average molecular weight is 396 g/mol. The standard InChI is InChI=1S/C15H10ClN3O4S2/c16-9-1-3-10(4-2-9)25(22,23)15-11(5-6-24-15)12(20)7-13(21)14-17-8-18-19-14/h1-8,21H,(H,17,18,19). The highest BCUT2D eigenvalue weighted by Crippen LogP contribution is 2.30. The molecule has 1 aromatic carbocycles. The van der Waals surface area contributed by atoms with Gasteiger partial charge in [0.05, 0.1) is 10.5 Å². The van der Waals surface area contributed by atoms with E-state index >= 15 is 0 Å². The third-order valence-corrected chi connectivity index (χ3v) is 6.68. The molecule has 0 bridgehead atoms. The van der Waals surface area contributed by atoms with Crippen molar-refractivity contribution in [2.24, 2.45) is 0 Å². The average Bonchev–Trinajstić information content (AvgIpc) is 3.27. The smallest absolute Gasteiger partial charge is 0.216 e. The Kier molecular flexibility index (Phi) is 4.71. The fraction of sp³-hybridized carbons (Fsp3) is 0. The van der Waals surface area contributed by atoms with Gasteiger partial charge in [-0.3, -0.25) is 9.89 Å². The van der Waals surface area contributed by atoms with Crippen LogP contribution in [0.25, 0.3) is 5.76 Å². The molecular weight excluding hydrogens is 386 g/mol. The number of aromatic nitrogens is 3. The Labute approximate surface area is 151 Å². The minimum absolute atomic E-state index is 0.0237. The van der Waals surface area contributed by atoms with Gasteiger partial charge in [0.15, 0.2) is 11.5 Å². The number of ketones is 1. The predicted molar refractivity (Wildman–Crippen MR) is 92.5 cm³/mol. The fourth-order valence-corrected chi connectivity index (χ4v) is 4.88. The first-order valence-electron chi connectivity index (χ1n) is 6.79. The van der Waals surface area contributed by atoms with Crippen molar-refractivity contribution in [2.45, 2.75) is 9.10 Å². The van der Waals surface area contributed by atoms with E-state index in [4.69, 9.17) is 11.6 Å². The number of H-pyrrole nitrogens is 1. The number of aliphatic hydroxyl groups excluding tert-OH is 1. The predicted octanol–water partition coefficient (Wildman–Crippen LogP) is 3.13. The fourth-order valence-electron chi connectivity index (χ4n) is 2.01. The molecule has 0 amide bonds. The van der Waals surface area contributed by atoms with Gasteiger partial charge in [-0.25, -0.2) is 13.4 Å². The van der Waals surface area contributed by atoms with E-state index in [-0.39, 0.29) is 20.5 Å². The van der Waals surface area contributed by atoms with Gasteiger partial charge < -0.3 is 5.11 Å². The van der Waals surface area contributed by atoms with Crippen LogP contribution in [0.4, 0.5) is 0 Å². The zero-order chi connectivity index (χ0) is 18.0. The van der Waals surface area contributed by atoms with Crippen LogP contribution in [0, 0.1) is 0 Å². The third kappa shape index (κ3) is 3.48. The lowest BCUT2D eigenvalue weighted by atomic mass is 10.2. The second kappa shape index (κ2) is 6.79. The molecule has 7 nitrogen and oxygen atoms in total. The van der Waals surface area contributed by atoms with Crippen LogP contribution in [0.1, 0.15) is 16.2 Å². The van der Waals surface area contributed by atoms with Crippen LogP contribution in [0.3, 0.4) is 0 Å². The van der Waals surface area contributed by atoms with Crippen molar-refractivity contribution in [1.29, 1.82) is 0 Å². The number of nitrogens with one attached hydrogen (secondary N) is 1. The molecule has 0 spiro atoms. The van der Waals surface area contributed by atoms with Gasteiger partial charge in [-0.05, 0) is 35.7 Å². The number of allylic oxidation sites excluding steroid dienone is 1. The first-order chi connectivity index (χ1) is 11.9. The molecule has 0 aliphatic heterocycles. The Hall–Kier alpha value is -2.49. The summed E-state index contributed by atoms with van der Waals surface area (Å²) in [6, 6.07) is 7.04. The number of carbonyl (C=O) groups excluding carboxylic acids is 1. The highest BCUT2D eigenvalue weighted by molar-refractivity contribution is 7.93. The lowest BCUT2D eigenvalue weighted by molar-refractivity contribution is 0.104. The highest BCUT2D eigenvalue weighted by atomic mass is 35.5. The van der Waals surface area contributed by atoms with Gasteiger partial charge in [-0.1, -0.05) is 11.6 Å². The molecule has 128 valence electrons. The van der Waals surface area contributed by atoms with Crippen molar-refractivity contribution in [3.63, 3.8) is 0 Å². The van der Waals surface area contributed by atoms with Crippen LogP contribution >= 0.6 is 22.9 Å². The van der Waals surface area contributed by atoms with E-state index in [9.17, 15) is 18.3 Å². The maximum Gasteiger partial charge on any atom is 0.216 e. The largest absolute Gasteiger partial charge is 0.504 e. The van der Waals surface area contributed by atoms with Crippen molar-refractivity contribution in [1.82, 2.24) is 15.2 Å². The lowest BCUT2D eigenvalue weighted by Crippen LogP contribution is -2.06. The second-order valence-electron chi connectivity index (χ2n) is 4.80. The molecule has 0 saturated heterocycles. The number of aromatic amines is 1. The normalized spacial score (nSPS) is 12.3. The number of carbonyl (C=O) groups is 1. The number of thiophene rings is 1. The Morgan fingerprint density at radius 3 is 2.60 bits per heavy atom. The minimum Gasteiger partial charge on any atom is -0.504 e. The molecule has 0 aliphatic carbocycles. The SMILES string of the molecule is O=C(C=C(O)c1nc[nH]n1)c1ccsc1S(=O)(=O)c1ccc(Cl)cc1. The van der Waals surface area contributed by atoms with E-state index < -0.39 is 21.4 Å². The summed E-state index contributed by atoms with van der Waals surface area (Å²) in [6.07, 6.45) is 2.12. The maximum absolute atomic E-state index is 12.7. The van der Waals surface area contributed by atoms with Crippen LogP contribution in [0.2, 0.25) is 5.02 Å². The van der Waals surface area contributed by atoms with E-state index in [0.29, 0.717) is 5.02 Å². The van der Waals surface area contributed by atoms with Crippen molar-refractivity contribution < 1.29 is 18.3 Å². The number of halogens is 1. The Bertz CT molecular complexity index is 1040. The minimum atomic E-state index is -3.89. The molecule has 2 N–H and O–H groups in total. The van der Waals surface area contributed by atoms with Crippen molar-refractivity contribution in [3.05, 3.63) is 64.5 Å². The molecule has 2 heterocycles. The summed E-state index contributed by atoms with van der Waals surface area (Å²) >= 11 is 6.70. The molecule has 0 aliphatic rings. The van der Waals surface area contributed by atoms with Gasteiger partial charge in [-0.2, -0.15) is 5.10 Å². The number of rotatable bonds is 5. The van der Waals surface area contributed by atoms with Gasteiger partial charge in [0.1, 0.15) is 10.5 Å². The summed E-state index contributed by atoms with van der Waals surface area (Å²) in [4.78, 5) is 16.1. The van der Waals surface area contributed by atoms with E-state index in [1.54, 1.807) is 0 Å². The number of nitrogens with zero attached hydrogens (tertiary/aromatic N) is 2. The first kappa shape index (κ1) is 17.3. The quantitative estimate of drug-likeness (QED) is 0.390. The van der Waals surface area contributed by atoms with Crippen molar-refractivity contribution in [3.8, 4) is 0 Å². The van der Waals surface area contributed by atoms with Gasteiger partial charge in [0.25, 0.3) is 0 Å². The molecule has 0 radical (unpaired) electrons. The molecule has 2 aromatic heterocycles. The number of benzene rings is 1. The summed E-state index contributed by atoms with van der Waals surface area (Å²) < 4.78 is 25.4. The molecule has 0 atom stereocenters. The molecule has 0 saturated carbocycles. The molecule has 0 unspecified atom stereocenters. The molecule has 3 aromatic rings. The highest BCUT2D eigenvalue weighted by Gasteiger charge is 2.26. The van der Waals surface area contributed by atoms with Crippen molar-refractivity contribution in [2.75, 3.05) is 0 Å². The Morgan fingerprint density at radius 2 is 1.96 bits per heavy atom. The van der Waals surface area contributed by atoms with Gasteiger partial charge >= 0.3 is 0 Å². The number of aliphatic hydroxyl groups is 1. The molecule has 25 heavy (non-hydrogen) atoms. The van der Waals surface area contributed by atoms with E-state index in [1.165, 1.54) is 42.0 Å². The second-order valence-corrected chi connectivity index (χ2v) is 8.29. The zero-order valence-corrected chi connectivity index (χ0v) is 14.8. The maximum atomic E-state index is 12.7. The lowest BCUT2D eigenvalue weighted by Gasteiger charge is -2.04. The Morgan fingerprint density at radius 1 is 1.24 bits per heavy atom. The monoisotopic (exact) mass is 395 g/mol. The third-order valence-electron chi connectivity index (χ3n) is 3.18. The molecule has 10 heteroatoms. The number of hydrogen-bond donors (Lipinski definition) is 2. The van der Waals surface area contributed by atoms with Crippen LogP contribution in [0.5, 0.6) is 0 Å². The first-order valence-corrected chi connectivity index (χ1v) is 9.53. The van der Waals surface area contributed by atoms with E-state index in [2.05, 4.69) is 15.2 Å². The number of hydrogen-bond acceptors (Lipinski definition) is 7. The van der Waals surface area contributed by atoms with Crippen LogP contribution in [-0.4, -0.2) is 34.5 Å². The molecule has 3 rings (SSSR count). The van der Waals surface area contributed by atoms with Crippen LogP contribution < -0.4 is 0 Å². The topological polar surface area (TPSA) is 113 Å². The van der Waals surface area contributed by atoms with Gasteiger partial charge in [0, 0.05) is 11.1 Å². The molecule has 0 fully saturated rings. The van der Waals surface area contributed by atoms with E-state index in [0.717, 1.165) is 17.4 Å².